The molecule has 20 heavy (non-hydrogen) atoms. The summed E-state index contributed by atoms with van der Waals surface area (Å²) in [5, 5.41) is 2.97. The molecule has 0 aliphatic rings. The smallest absolute Gasteiger partial charge is 0.252 e. The second-order valence-corrected chi connectivity index (χ2v) is 7.78. The van der Waals surface area contributed by atoms with Gasteiger partial charge in [0.2, 0.25) is 0 Å². The third-order valence-electron chi connectivity index (χ3n) is 2.76. The Morgan fingerprint density at radius 3 is 2.35 bits per heavy atom. The topological polar surface area (TPSA) is 55.1 Å². The van der Waals surface area contributed by atoms with Crippen LogP contribution in [0.15, 0.2) is 16.6 Å². The highest BCUT2D eigenvalue weighted by Crippen LogP contribution is 2.28. The summed E-state index contributed by atoms with van der Waals surface area (Å²) in [4.78, 5) is 12.3. The number of anilines is 1. The number of nitrogens with one attached hydrogen (secondary N) is 1. The monoisotopic (exact) mass is 344 g/mol. The van der Waals surface area contributed by atoms with Crippen LogP contribution in [0.25, 0.3) is 0 Å². The first-order chi connectivity index (χ1) is 8.91. The standard InChI is InChI=1S/C15H22BrFN2O/c1-14(2,3)8-15(4,5)19-13(20)9-6-12(18)11(17)7-10(9)16/h6-7H,8,18H2,1-5H3,(H,19,20). The zero-order chi connectivity index (χ0) is 15.7. The zero-order valence-corrected chi connectivity index (χ0v) is 14.2. The van der Waals surface area contributed by atoms with Gasteiger partial charge in [-0.2, -0.15) is 0 Å². The van der Waals surface area contributed by atoms with E-state index in [1.54, 1.807) is 0 Å². The number of benzene rings is 1. The number of halogens is 2. The fourth-order valence-corrected chi connectivity index (χ4v) is 2.98. The van der Waals surface area contributed by atoms with Crippen molar-refractivity contribution in [1.82, 2.24) is 5.32 Å². The molecule has 5 heteroatoms. The van der Waals surface area contributed by atoms with E-state index in [-0.39, 0.29) is 22.5 Å². The Hall–Kier alpha value is -1.10. The van der Waals surface area contributed by atoms with Crippen molar-refractivity contribution in [3.8, 4) is 0 Å². The average molecular weight is 345 g/mol. The van der Waals surface area contributed by atoms with Gasteiger partial charge in [0.25, 0.3) is 5.91 Å². The summed E-state index contributed by atoms with van der Waals surface area (Å²) in [5.41, 5.74) is 5.55. The van der Waals surface area contributed by atoms with Crippen molar-refractivity contribution in [3.63, 3.8) is 0 Å². The Morgan fingerprint density at radius 1 is 1.30 bits per heavy atom. The maximum Gasteiger partial charge on any atom is 0.252 e. The Morgan fingerprint density at radius 2 is 1.85 bits per heavy atom. The third-order valence-corrected chi connectivity index (χ3v) is 3.41. The molecule has 0 aliphatic heterocycles. The predicted molar refractivity (Wildman–Crippen MR) is 84.1 cm³/mol. The second kappa shape index (κ2) is 5.72. The van der Waals surface area contributed by atoms with E-state index in [0.29, 0.717) is 10.0 Å². The largest absolute Gasteiger partial charge is 0.396 e. The average Bonchev–Trinajstić information content (AvgIpc) is 2.18. The molecule has 1 aromatic carbocycles. The van der Waals surface area contributed by atoms with Crippen LogP contribution in [-0.4, -0.2) is 11.4 Å². The lowest BCUT2D eigenvalue weighted by atomic mass is 9.81. The maximum absolute atomic E-state index is 13.3. The minimum absolute atomic E-state index is 0.0352. The van der Waals surface area contributed by atoms with Gasteiger partial charge in [-0.05, 0) is 53.7 Å². The van der Waals surface area contributed by atoms with E-state index in [1.807, 2.05) is 13.8 Å². The van der Waals surface area contributed by atoms with Crippen LogP contribution in [0.1, 0.15) is 51.4 Å². The number of amides is 1. The number of hydrogen-bond acceptors (Lipinski definition) is 2. The van der Waals surface area contributed by atoms with E-state index < -0.39 is 5.82 Å². The fourth-order valence-electron chi connectivity index (χ4n) is 2.48. The maximum atomic E-state index is 13.3. The number of carbonyl (C=O) groups is 1. The van der Waals surface area contributed by atoms with Crippen LogP contribution in [0.5, 0.6) is 0 Å². The highest BCUT2D eigenvalue weighted by molar-refractivity contribution is 9.10. The second-order valence-electron chi connectivity index (χ2n) is 6.93. The van der Waals surface area contributed by atoms with Crippen molar-refractivity contribution < 1.29 is 9.18 Å². The lowest BCUT2D eigenvalue weighted by Gasteiger charge is -2.33. The molecule has 0 aliphatic carbocycles. The number of hydrogen-bond donors (Lipinski definition) is 2. The van der Waals surface area contributed by atoms with Crippen LogP contribution in [0.2, 0.25) is 0 Å². The van der Waals surface area contributed by atoms with Gasteiger partial charge < -0.3 is 11.1 Å². The van der Waals surface area contributed by atoms with Crippen LogP contribution >= 0.6 is 15.9 Å². The first kappa shape index (κ1) is 17.0. The minimum Gasteiger partial charge on any atom is -0.396 e. The van der Waals surface area contributed by atoms with Crippen molar-refractivity contribution in [2.24, 2.45) is 5.41 Å². The molecule has 0 saturated heterocycles. The summed E-state index contributed by atoms with van der Waals surface area (Å²) in [6, 6.07) is 2.56. The Bertz CT molecular complexity index is 521. The quantitative estimate of drug-likeness (QED) is 0.810. The van der Waals surface area contributed by atoms with Gasteiger partial charge in [-0.3, -0.25) is 4.79 Å². The van der Waals surface area contributed by atoms with Crippen molar-refractivity contribution in [1.29, 1.82) is 0 Å². The van der Waals surface area contributed by atoms with Crippen LogP contribution in [0.3, 0.4) is 0 Å². The molecule has 0 fully saturated rings. The van der Waals surface area contributed by atoms with E-state index in [1.165, 1.54) is 12.1 Å². The summed E-state index contributed by atoms with van der Waals surface area (Å²) in [6.45, 7) is 10.3. The molecule has 0 spiro atoms. The molecule has 1 amide bonds. The first-order valence-electron chi connectivity index (χ1n) is 6.48. The highest BCUT2D eigenvalue weighted by atomic mass is 79.9. The van der Waals surface area contributed by atoms with Gasteiger partial charge in [0.05, 0.1) is 11.3 Å². The summed E-state index contributed by atoms with van der Waals surface area (Å²) in [5.74, 6) is -0.805. The molecule has 0 bridgehead atoms. The molecule has 1 aromatic rings. The zero-order valence-electron chi connectivity index (χ0n) is 12.6. The third kappa shape index (κ3) is 4.78. The van der Waals surface area contributed by atoms with Gasteiger partial charge >= 0.3 is 0 Å². The van der Waals surface area contributed by atoms with Crippen molar-refractivity contribution >= 4 is 27.5 Å². The molecule has 1 rings (SSSR count). The van der Waals surface area contributed by atoms with Gasteiger partial charge in [-0.25, -0.2) is 4.39 Å². The molecule has 3 nitrogen and oxygen atoms in total. The molecule has 0 heterocycles. The Labute approximate surface area is 128 Å². The van der Waals surface area contributed by atoms with Gasteiger partial charge in [-0.1, -0.05) is 20.8 Å². The summed E-state index contributed by atoms with van der Waals surface area (Å²) < 4.78 is 13.7. The molecule has 3 N–H and O–H groups in total. The minimum atomic E-state index is -0.539. The van der Waals surface area contributed by atoms with Gasteiger partial charge in [0.15, 0.2) is 0 Å². The van der Waals surface area contributed by atoms with E-state index in [9.17, 15) is 9.18 Å². The van der Waals surface area contributed by atoms with E-state index in [4.69, 9.17) is 5.73 Å². The van der Waals surface area contributed by atoms with E-state index in [2.05, 4.69) is 42.0 Å². The molecular formula is C15H22BrFN2O. The van der Waals surface area contributed by atoms with Crippen molar-refractivity contribution in [2.45, 2.75) is 46.6 Å². The van der Waals surface area contributed by atoms with E-state index >= 15 is 0 Å². The van der Waals surface area contributed by atoms with Crippen LogP contribution < -0.4 is 11.1 Å². The lowest BCUT2D eigenvalue weighted by molar-refractivity contribution is 0.0890. The lowest BCUT2D eigenvalue weighted by Crippen LogP contribution is -2.45. The molecule has 0 aromatic heterocycles. The molecule has 0 unspecified atom stereocenters. The molecule has 0 radical (unpaired) electrons. The van der Waals surface area contributed by atoms with Gasteiger partial charge in [0, 0.05) is 10.0 Å². The molecule has 112 valence electrons. The summed E-state index contributed by atoms with van der Waals surface area (Å²) in [6.07, 6.45) is 0.819. The highest BCUT2D eigenvalue weighted by Gasteiger charge is 2.28. The number of nitrogen functional groups attached to an aromatic ring is 1. The van der Waals surface area contributed by atoms with Crippen LogP contribution in [0, 0.1) is 11.2 Å². The fraction of sp³-hybridized carbons (Fsp3) is 0.533. The number of nitrogens with two attached hydrogens (primary N) is 1. The molecule has 0 saturated carbocycles. The SMILES string of the molecule is CC(C)(C)CC(C)(C)NC(=O)c1cc(N)c(F)cc1Br. The van der Waals surface area contributed by atoms with E-state index in [0.717, 1.165) is 6.42 Å². The normalized spacial score (nSPS) is 12.3. The Kier molecular flexibility index (Phi) is 4.85. The Balaban J connectivity index is 2.94. The number of carbonyl (C=O) groups excluding carboxylic acids is 1. The summed E-state index contributed by atoms with van der Waals surface area (Å²) >= 11 is 3.19. The molecule has 0 atom stereocenters. The van der Waals surface area contributed by atoms with Crippen molar-refractivity contribution in [2.75, 3.05) is 5.73 Å². The van der Waals surface area contributed by atoms with Crippen LogP contribution in [0.4, 0.5) is 10.1 Å². The first-order valence-corrected chi connectivity index (χ1v) is 7.28. The molecular weight excluding hydrogens is 323 g/mol. The predicted octanol–water partition coefficient (Wildman–Crippen LogP) is 4.12. The number of rotatable bonds is 3. The van der Waals surface area contributed by atoms with Crippen LogP contribution in [-0.2, 0) is 0 Å². The van der Waals surface area contributed by atoms with Gasteiger partial charge in [-0.15, -0.1) is 0 Å². The van der Waals surface area contributed by atoms with Gasteiger partial charge in [0.1, 0.15) is 5.82 Å². The summed E-state index contributed by atoms with van der Waals surface area (Å²) in [7, 11) is 0. The van der Waals surface area contributed by atoms with Crippen molar-refractivity contribution in [3.05, 3.63) is 28.0 Å².